The molecule has 26 heavy (non-hydrogen) atoms. The number of nitrogens with zero attached hydrogens (tertiary/aromatic N) is 5. The normalized spacial score (nSPS) is 11.8. The fourth-order valence-electron chi connectivity index (χ4n) is 2.28. The molecule has 2 amide bonds. The number of urea groups is 1. The summed E-state index contributed by atoms with van der Waals surface area (Å²) in [6, 6.07) is 9.09. The van der Waals surface area contributed by atoms with Crippen LogP contribution in [-0.2, 0) is 7.05 Å². The number of hydrogen-bond donors (Lipinski definition) is 2. The lowest BCUT2D eigenvalue weighted by Crippen LogP contribution is -2.20. The smallest absolute Gasteiger partial charge is 0.312 e. The molecule has 2 heterocycles. The summed E-state index contributed by atoms with van der Waals surface area (Å²) in [5.74, 6) is 0.407. The molecule has 0 saturated carbocycles. The van der Waals surface area contributed by atoms with Crippen molar-refractivity contribution in [2.75, 3.05) is 10.6 Å². The Balaban J connectivity index is 1.65. The maximum Gasteiger partial charge on any atom is 0.324 e. The Labute approximate surface area is 155 Å². The summed E-state index contributed by atoms with van der Waals surface area (Å²) in [5, 5.41) is 22.2. The van der Waals surface area contributed by atoms with E-state index < -0.39 is 0 Å². The molecule has 1 unspecified atom stereocenters. The lowest BCUT2D eigenvalue weighted by molar-refractivity contribution is 0.262. The maximum atomic E-state index is 12.2. The highest BCUT2D eigenvalue weighted by Gasteiger charge is 2.12. The average Bonchev–Trinajstić information content (AvgIpc) is 3.00. The number of carbonyl (C=O) groups is 1. The highest BCUT2D eigenvalue weighted by Crippen LogP contribution is 2.34. The van der Waals surface area contributed by atoms with Gasteiger partial charge in [0.25, 0.3) is 0 Å². The van der Waals surface area contributed by atoms with Crippen LogP contribution in [0.1, 0.15) is 23.3 Å². The predicted octanol–water partition coefficient (Wildman–Crippen LogP) is 3.41. The van der Waals surface area contributed by atoms with Gasteiger partial charge in [-0.2, -0.15) is 5.10 Å². The van der Waals surface area contributed by atoms with E-state index in [1.165, 1.54) is 0 Å². The third-order valence-electron chi connectivity index (χ3n) is 3.60. The van der Waals surface area contributed by atoms with Gasteiger partial charge in [0.05, 0.1) is 6.20 Å². The minimum Gasteiger partial charge on any atom is -0.312 e. The molecule has 0 spiro atoms. The number of amides is 2. The summed E-state index contributed by atoms with van der Waals surface area (Å²) in [4.78, 5) is 12.2. The van der Waals surface area contributed by atoms with Crippen LogP contribution in [-0.4, -0.2) is 31.0 Å². The van der Waals surface area contributed by atoms with Gasteiger partial charge in [-0.05, 0) is 43.2 Å². The molecule has 0 aliphatic carbocycles. The van der Waals surface area contributed by atoms with Gasteiger partial charge in [0.1, 0.15) is 6.33 Å². The topological polar surface area (TPSA) is 97.6 Å². The quantitative estimate of drug-likeness (QED) is 0.669. The Bertz CT molecular complexity index is 911. The second-order valence-electron chi connectivity index (χ2n) is 5.81. The monoisotopic (exact) mass is 369 g/mol. The van der Waals surface area contributed by atoms with Crippen LogP contribution < -0.4 is 10.6 Å². The number of nitrogens with one attached hydrogen (secondary N) is 2. The lowest BCUT2D eigenvalue weighted by atomic mass is 10.1. The van der Waals surface area contributed by atoms with Crippen LogP contribution in [0.25, 0.3) is 0 Å². The summed E-state index contributed by atoms with van der Waals surface area (Å²) < 4.78 is 1.87. The van der Waals surface area contributed by atoms with Crippen molar-refractivity contribution >= 4 is 29.3 Å². The Morgan fingerprint density at radius 2 is 2.04 bits per heavy atom. The molecular formula is C17H19N7OS. The zero-order chi connectivity index (χ0) is 18.5. The van der Waals surface area contributed by atoms with Crippen LogP contribution in [0.2, 0.25) is 0 Å². The zero-order valence-electron chi connectivity index (χ0n) is 14.7. The summed E-state index contributed by atoms with van der Waals surface area (Å²) in [6.07, 6.45) is 3.30. The van der Waals surface area contributed by atoms with Crippen molar-refractivity contribution in [3.05, 3.63) is 54.0 Å². The molecule has 0 radical (unpaired) electrons. The van der Waals surface area contributed by atoms with E-state index in [1.807, 2.05) is 42.8 Å². The van der Waals surface area contributed by atoms with Crippen molar-refractivity contribution in [2.24, 2.45) is 7.05 Å². The lowest BCUT2D eigenvalue weighted by Gasteiger charge is -2.13. The van der Waals surface area contributed by atoms with Crippen molar-refractivity contribution in [1.82, 2.24) is 25.0 Å². The SMILES string of the molecule is Cc1cnnc(NC(=O)Nc2cccc(C(C)Sc3nncn3C)c2)c1. The average molecular weight is 369 g/mol. The molecule has 9 heteroatoms. The third kappa shape index (κ3) is 4.57. The summed E-state index contributed by atoms with van der Waals surface area (Å²) in [7, 11) is 1.91. The highest BCUT2D eigenvalue weighted by molar-refractivity contribution is 7.99. The van der Waals surface area contributed by atoms with Crippen LogP contribution in [0.3, 0.4) is 0 Å². The largest absolute Gasteiger partial charge is 0.324 e. The van der Waals surface area contributed by atoms with E-state index in [-0.39, 0.29) is 11.3 Å². The van der Waals surface area contributed by atoms with Crippen LogP contribution in [0, 0.1) is 6.92 Å². The van der Waals surface area contributed by atoms with Gasteiger partial charge in [-0.1, -0.05) is 23.9 Å². The fourth-order valence-corrected chi connectivity index (χ4v) is 3.19. The van der Waals surface area contributed by atoms with Gasteiger partial charge in [0.2, 0.25) is 0 Å². The molecular weight excluding hydrogens is 350 g/mol. The first kappa shape index (κ1) is 17.9. The number of anilines is 2. The molecule has 0 fully saturated rings. The minimum atomic E-state index is -0.365. The summed E-state index contributed by atoms with van der Waals surface area (Å²) in [5.41, 5.74) is 2.70. The standard InChI is InChI=1S/C17H19N7OS/c1-11-7-15(22-18-9-11)21-16(25)20-14-6-4-5-13(8-14)12(2)26-17-23-19-10-24(17)3/h4-10,12H,1-3H3,(H2,20,21,22,25). The number of thioether (sulfide) groups is 1. The second kappa shape index (κ2) is 7.96. The Morgan fingerprint density at radius 3 is 2.77 bits per heavy atom. The van der Waals surface area contributed by atoms with Gasteiger partial charge in [-0.15, -0.1) is 15.3 Å². The van der Waals surface area contributed by atoms with Gasteiger partial charge >= 0.3 is 6.03 Å². The van der Waals surface area contributed by atoms with Crippen LogP contribution in [0.15, 0.2) is 48.0 Å². The molecule has 1 atom stereocenters. The first-order valence-electron chi connectivity index (χ1n) is 7.99. The van der Waals surface area contributed by atoms with Gasteiger partial charge in [-0.3, -0.25) is 5.32 Å². The Morgan fingerprint density at radius 1 is 1.19 bits per heavy atom. The molecule has 3 aromatic rings. The number of rotatable bonds is 5. The van der Waals surface area contributed by atoms with Crippen molar-refractivity contribution in [2.45, 2.75) is 24.3 Å². The number of benzene rings is 1. The van der Waals surface area contributed by atoms with Crippen LogP contribution >= 0.6 is 11.8 Å². The first-order chi connectivity index (χ1) is 12.5. The van der Waals surface area contributed by atoms with Crippen molar-refractivity contribution in [3.63, 3.8) is 0 Å². The van der Waals surface area contributed by atoms with E-state index in [9.17, 15) is 4.79 Å². The molecule has 8 nitrogen and oxygen atoms in total. The van der Waals surface area contributed by atoms with E-state index >= 15 is 0 Å². The number of aromatic nitrogens is 5. The van der Waals surface area contributed by atoms with E-state index in [1.54, 1.807) is 30.4 Å². The fraction of sp³-hybridized carbons (Fsp3) is 0.235. The van der Waals surface area contributed by atoms with Crippen molar-refractivity contribution in [1.29, 1.82) is 0 Å². The molecule has 0 aliphatic rings. The van der Waals surface area contributed by atoms with E-state index in [0.29, 0.717) is 11.5 Å². The molecule has 0 aliphatic heterocycles. The van der Waals surface area contributed by atoms with E-state index in [0.717, 1.165) is 16.3 Å². The Hall–Kier alpha value is -2.94. The molecule has 134 valence electrons. The van der Waals surface area contributed by atoms with Gasteiger partial charge < -0.3 is 9.88 Å². The van der Waals surface area contributed by atoms with E-state index in [4.69, 9.17) is 0 Å². The van der Waals surface area contributed by atoms with E-state index in [2.05, 4.69) is 38.0 Å². The molecule has 0 saturated heterocycles. The summed E-state index contributed by atoms with van der Waals surface area (Å²) >= 11 is 1.60. The predicted molar refractivity (Wildman–Crippen MR) is 101 cm³/mol. The van der Waals surface area contributed by atoms with Crippen LogP contribution in [0.4, 0.5) is 16.3 Å². The van der Waals surface area contributed by atoms with Gasteiger partial charge in [0, 0.05) is 18.0 Å². The Kier molecular flexibility index (Phi) is 5.47. The first-order valence-corrected chi connectivity index (χ1v) is 8.87. The zero-order valence-corrected chi connectivity index (χ0v) is 15.5. The van der Waals surface area contributed by atoms with Gasteiger partial charge in [0.15, 0.2) is 11.0 Å². The number of hydrogen-bond acceptors (Lipinski definition) is 6. The molecule has 2 N–H and O–H groups in total. The molecule has 2 aromatic heterocycles. The minimum absolute atomic E-state index is 0.158. The number of carbonyl (C=O) groups excluding carboxylic acids is 1. The molecule has 0 bridgehead atoms. The van der Waals surface area contributed by atoms with Crippen LogP contribution in [0.5, 0.6) is 0 Å². The number of aryl methyl sites for hydroxylation is 2. The van der Waals surface area contributed by atoms with Gasteiger partial charge in [-0.25, -0.2) is 4.79 Å². The third-order valence-corrected chi connectivity index (χ3v) is 4.80. The molecule has 1 aromatic carbocycles. The molecule has 3 rings (SSSR count). The second-order valence-corrected chi connectivity index (χ2v) is 7.12. The van der Waals surface area contributed by atoms with Crippen molar-refractivity contribution < 1.29 is 4.79 Å². The van der Waals surface area contributed by atoms with Crippen molar-refractivity contribution in [3.8, 4) is 0 Å². The summed E-state index contributed by atoms with van der Waals surface area (Å²) in [6.45, 7) is 3.97. The maximum absolute atomic E-state index is 12.2. The highest BCUT2D eigenvalue weighted by atomic mass is 32.2.